The summed E-state index contributed by atoms with van der Waals surface area (Å²) in [5, 5.41) is 17.4. The molecule has 9 aliphatic rings. The van der Waals surface area contributed by atoms with Crippen molar-refractivity contribution < 1.29 is 57.8 Å². The van der Waals surface area contributed by atoms with Crippen LogP contribution in [0.15, 0.2) is 23.3 Å². The number of fused-ring (bicyclic) bond motifs is 10. The van der Waals surface area contributed by atoms with E-state index >= 15 is 0 Å². The molecule has 7 fully saturated rings. The van der Waals surface area contributed by atoms with Gasteiger partial charge in [-0.3, -0.25) is 19.2 Å². The fourth-order valence-electron chi connectivity index (χ4n) is 19.9. The molecule has 488 valence electrons. The Bertz CT molecular complexity index is 2180. The molecule has 0 aromatic heterocycles. The fraction of sp³-hybridized carbons (Fsp3) is 0.890. The number of allylic oxidation sites excluding steroid dienone is 2. The number of cyclic esters (lactones) is 1. The Kier molecular flexibility index (Phi) is 27.1. The molecule has 1 saturated heterocycles. The highest BCUT2D eigenvalue weighted by atomic mass is 16.6. The molecule has 8 aliphatic carbocycles. The summed E-state index contributed by atoms with van der Waals surface area (Å²) in [6, 6.07) is 0. The van der Waals surface area contributed by atoms with Crippen molar-refractivity contribution in [3.05, 3.63) is 23.3 Å². The van der Waals surface area contributed by atoms with Gasteiger partial charge in [-0.25, -0.2) is 0 Å². The highest BCUT2D eigenvalue weighted by Gasteiger charge is 2.61. The number of hydrogen-bond donors (Lipinski definition) is 2. The summed E-state index contributed by atoms with van der Waals surface area (Å²) in [6.45, 7) is 25.9. The van der Waals surface area contributed by atoms with Crippen LogP contribution >= 0.6 is 0 Å². The summed E-state index contributed by atoms with van der Waals surface area (Å²) in [5.41, 5.74) is 4.41. The van der Waals surface area contributed by atoms with E-state index in [4.69, 9.17) is 28.8 Å². The molecule has 9 rings (SSSR count). The summed E-state index contributed by atoms with van der Waals surface area (Å²) in [7, 11) is 3.08. The molecule has 6 saturated carbocycles. The van der Waals surface area contributed by atoms with Gasteiger partial charge >= 0.3 is 23.9 Å². The van der Waals surface area contributed by atoms with Gasteiger partial charge in [-0.1, -0.05) is 138 Å². The zero-order chi connectivity index (χ0) is 61.0. The van der Waals surface area contributed by atoms with Crippen LogP contribution in [0.4, 0.5) is 0 Å². The maximum Gasteiger partial charge on any atom is 0.320 e. The van der Waals surface area contributed by atoms with E-state index in [2.05, 4.69) is 86.1 Å². The van der Waals surface area contributed by atoms with Crippen LogP contribution in [0, 0.1) is 105 Å². The maximum atomic E-state index is 13.0. The molecule has 2 N–H and O–H groups in total. The molecule has 12 heteroatoms. The van der Waals surface area contributed by atoms with E-state index in [0.717, 1.165) is 123 Å². The van der Waals surface area contributed by atoms with Crippen LogP contribution in [-0.2, 0) is 47.6 Å². The first-order chi connectivity index (χ1) is 40.1. The molecule has 10 unspecified atom stereocenters. The minimum atomic E-state index is -1.09. The summed E-state index contributed by atoms with van der Waals surface area (Å²) in [6.07, 6.45) is 34.2. The minimum Gasteiger partial charge on any atom is -0.465 e. The molecule has 0 amide bonds. The topological polar surface area (TPSA) is 164 Å². The first kappa shape index (κ1) is 71.3. The molecule has 1 aliphatic heterocycles. The lowest BCUT2D eigenvalue weighted by molar-refractivity contribution is -0.169. The highest BCUT2D eigenvalue weighted by Crippen LogP contribution is 2.69. The number of aliphatic hydroxyl groups excluding tert-OH is 2. The first-order valence-corrected chi connectivity index (χ1v) is 34.4. The Morgan fingerprint density at radius 3 is 1.54 bits per heavy atom. The molecule has 85 heavy (non-hydrogen) atoms. The Morgan fingerprint density at radius 1 is 0.576 bits per heavy atom. The van der Waals surface area contributed by atoms with E-state index in [9.17, 15) is 24.3 Å². The fourth-order valence-corrected chi connectivity index (χ4v) is 19.9. The lowest BCUT2D eigenvalue weighted by Crippen LogP contribution is -2.51. The van der Waals surface area contributed by atoms with Crippen molar-refractivity contribution in [1.29, 1.82) is 0 Å². The predicted octanol–water partition coefficient (Wildman–Crippen LogP) is 15.7. The molecule has 0 radical (unpaired) electrons. The normalized spacial score (nSPS) is 36.5. The molecule has 0 spiro atoms. The third-order valence-electron chi connectivity index (χ3n) is 24.6. The molecular formula is C73H124O12. The second-order valence-electron chi connectivity index (χ2n) is 30.3. The zero-order valence-corrected chi connectivity index (χ0v) is 55.0. The van der Waals surface area contributed by atoms with Crippen molar-refractivity contribution in [1.82, 2.24) is 0 Å². The molecule has 0 aromatic carbocycles. The van der Waals surface area contributed by atoms with E-state index < -0.39 is 23.8 Å². The van der Waals surface area contributed by atoms with E-state index in [0.29, 0.717) is 36.4 Å². The standard InChI is InChI=1S/C35H58O6.C34H54O4.C3H8O2.CH4/c1-23(2)8-7-9-24(3)29-12-13-30-27-11-10-25-22-26(14-17-34(25,4)31(27)15-18-35(29,30)5)41-33(38)28(16-19-36)32(37)40-21-20-39-6;1-22(2)9-8-10-23(3)28-14-15-29-26-13-12-24-21-25(38-32(36)27-11-6-7-20-37-31(27)35)16-18-33(24,4)30(26)17-19-34(28,29)5;1-5-3-2-4;/h10,23-24,26-31,36H,7-9,11-22H2,1-6H3;12,22-23,25-30H,6-11,13-21H2,1-5H3;4H,2-3H2,1H3;1H4/t24-,26?,27?,28?,29-,30?,31?,34+,35-;23-,25?,26?,27?,28-,29?,30?,33+,34-;;/m11../s1. The highest BCUT2D eigenvalue weighted by molar-refractivity contribution is 5.95. The van der Waals surface area contributed by atoms with Gasteiger partial charge in [-0.15, -0.1) is 0 Å². The van der Waals surface area contributed by atoms with Crippen LogP contribution in [-0.4, -0.2) is 100 Å². The SMILES string of the molecule is C.CC(C)CCC[C@@H](C)[C@H]1CCC2C3CC=C4CC(OC(=O)C5CCCCOC5=O)CC[C@]4(C)C3CC[C@@]21C.COCCO.COCCOC(=O)C(CCO)C(=O)OC1CC[C@@]2(C)C(=CCC3C2CC[C@@]2(C)C3CC[C@@H]2[C@H](C)CCCC(C)C)C1. The number of ether oxygens (including phenoxy) is 6. The third kappa shape index (κ3) is 16.6. The molecule has 1 heterocycles. The Hall–Kier alpha value is -2.80. The summed E-state index contributed by atoms with van der Waals surface area (Å²) in [4.78, 5) is 50.7. The maximum absolute atomic E-state index is 13.0. The van der Waals surface area contributed by atoms with Crippen LogP contribution in [0.5, 0.6) is 0 Å². The third-order valence-corrected chi connectivity index (χ3v) is 24.6. The second kappa shape index (κ2) is 32.3. The minimum absolute atomic E-state index is 0. The van der Waals surface area contributed by atoms with Gasteiger partial charge in [0.15, 0.2) is 11.8 Å². The van der Waals surface area contributed by atoms with Gasteiger partial charge in [0.05, 0.1) is 26.4 Å². The van der Waals surface area contributed by atoms with Crippen molar-refractivity contribution >= 4 is 23.9 Å². The van der Waals surface area contributed by atoms with Crippen LogP contribution in [0.1, 0.15) is 244 Å². The quantitative estimate of drug-likeness (QED) is 0.0347. The zero-order valence-electron chi connectivity index (χ0n) is 55.0. The number of hydrogen-bond acceptors (Lipinski definition) is 12. The van der Waals surface area contributed by atoms with E-state index in [-0.39, 0.29) is 75.3 Å². The van der Waals surface area contributed by atoms with Gasteiger partial charge in [-0.05, 0) is 208 Å². The Labute approximate surface area is 517 Å². The molecule has 18 atom stereocenters. The molecule has 12 nitrogen and oxygen atoms in total. The summed E-state index contributed by atoms with van der Waals surface area (Å²) in [5.74, 6) is 6.03. The van der Waals surface area contributed by atoms with Gasteiger partial charge in [0.1, 0.15) is 18.8 Å². The molecule has 0 bridgehead atoms. The number of carbonyl (C=O) groups is 4. The Morgan fingerprint density at radius 2 is 1.08 bits per heavy atom. The van der Waals surface area contributed by atoms with Crippen molar-refractivity contribution in [2.24, 2.45) is 105 Å². The predicted molar refractivity (Wildman–Crippen MR) is 338 cm³/mol. The number of esters is 4. The Balaban J connectivity index is 0.000000250. The number of methoxy groups -OCH3 is 2. The number of rotatable bonds is 22. The lowest BCUT2D eigenvalue weighted by Gasteiger charge is -2.58. The molecule has 0 aromatic rings. The largest absolute Gasteiger partial charge is 0.465 e. The van der Waals surface area contributed by atoms with Crippen LogP contribution in [0.25, 0.3) is 0 Å². The monoisotopic (exact) mass is 1190 g/mol. The average molecular weight is 1190 g/mol. The number of aliphatic hydroxyl groups is 2. The van der Waals surface area contributed by atoms with Gasteiger partial charge < -0.3 is 38.6 Å². The van der Waals surface area contributed by atoms with E-state index in [1.54, 1.807) is 7.11 Å². The van der Waals surface area contributed by atoms with Crippen molar-refractivity contribution in [3.8, 4) is 0 Å². The lowest BCUT2D eigenvalue weighted by atomic mass is 9.47. The van der Waals surface area contributed by atoms with Gasteiger partial charge in [0.2, 0.25) is 0 Å². The van der Waals surface area contributed by atoms with Gasteiger partial charge in [-0.2, -0.15) is 0 Å². The van der Waals surface area contributed by atoms with Gasteiger partial charge in [0.25, 0.3) is 0 Å². The van der Waals surface area contributed by atoms with Crippen LogP contribution < -0.4 is 0 Å². The summed E-state index contributed by atoms with van der Waals surface area (Å²) >= 11 is 0. The smallest absolute Gasteiger partial charge is 0.320 e. The van der Waals surface area contributed by atoms with Crippen molar-refractivity contribution in [2.45, 2.75) is 256 Å². The average Bonchev–Trinajstić information content (AvgIpc) is 1.76. The van der Waals surface area contributed by atoms with Crippen LogP contribution in [0.2, 0.25) is 0 Å². The van der Waals surface area contributed by atoms with Crippen molar-refractivity contribution in [3.63, 3.8) is 0 Å². The summed E-state index contributed by atoms with van der Waals surface area (Å²) < 4.78 is 31.7. The van der Waals surface area contributed by atoms with Crippen molar-refractivity contribution in [2.75, 3.05) is 53.9 Å². The molecular weight excluding hydrogens is 1070 g/mol. The van der Waals surface area contributed by atoms with E-state index in [1.165, 1.54) is 115 Å². The second-order valence-corrected chi connectivity index (χ2v) is 30.3. The van der Waals surface area contributed by atoms with Crippen LogP contribution in [0.3, 0.4) is 0 Å². The number of carbonyl (C=O) groups excluding carboxylic acids is 4. The first-order valence-electron chi connectivity index (χ1n) is 34.4. The van der Waals surface area contributed by atoms with E-state index in [1.807, 2.05) is 0 Å². The van der Waals surface area contributed by atoms with Gasteiger partial charge in [0, 0.05) is 33.7 Å².